The fourth-order valence-corrected chi connectivity index (χ4v) is 7.32. The zero-order valence-electron chi connectivity index (χ0n) is 17.5. The summed E-state index contributed by atoms with van der Waals surface area (Å²) in [7, 11) is 0. The van der Waals surface area contributed by atoms with Gasteiger partial charge in [-0.05, 0) is 63.3 Å². The highest BCUT2D eigenvalue weighted by Crippen LogP contribution is 2.51. The highest BCUT2D eigenvalue weighted by atomic mass is 16.3. The molecule has 7 atom stereocenters. The molecule has 0 aromatic heterocycles. The van der Waals surface area contributed by atoms with Crippen molar-refractivity contribution >= 4 is 5.91 Å². The van der Waals surface area contributed by atoms with Gasteiger partial charge >= 0.3 is 0 Å². The lowest BCUT2D eigenvalue weighted by Crippen LogP contribution is -2.62. The average molecular weight is 402 g/mol. The van der Waals surface area contributed by atoms with Crippen LogP contribution in [0.3, 0.4) is 0 Å². The lowest BCUT2D eigenvalue weighted by molar-refractivity contribution is -0.141. The summed E-state index contributed by atoms with van der Waals surface area (Å²) < 4.78 is 0. The zero-order valence-corrected chi connectivity index (χ0v) is 17.5. The summed E-state index contributed by atoms with van der Waals surface area (Å²) >= 11 is 0. The summed E-state index contributed by atoms with van der Waals surface area (Å²) in [5, 5.41) is 29.8. The van der Waals surface area contributed by atoms with Crippen LogP contribution in [0.5, 0.6) is 0 Å². The van der Waals surface area contributed by atoms with Crippen molar-refractivity contribution in [3.05, 3.63) is 0 Å². The molecule has 5 rings (SSSR count). The van der Waals surface area contributed by atoms with Gasteiger partial charge in [0, 0.05) is 23.5 Å². The van der Waals surface area contributed by atoms with Gasteiger partial charge in [0.15, 0.2) is 0 Å². The van der Waals surface area contributed by atoms with E-state index >= 15 is 0 Å². The summed E-state index contributed by atoms with van der Waals surface area (Å²) in [5.74, 6) is 0.465. The first-order valence-electron chi connectivity index (χ1n) is 11.7. The minimum Gasteiger partial charge on any atom is -0.380 e. The molecule has 4 N–H and O–H groups in total. The standard InChI is InChI=1S/C22H35N5O2/c1-2-22(29)17-15(8-13-24-19(17)25-20(22)28)18-14-6-3-4-7-16(14)27(26-18)21(11-12-23)9-5-10-21/h14-19,24,26,29H,2-11,13H2,1H3,(H,25,28)/t14?,15?,16?,17?,18?,19?,22-/m0/s1. The van der Waals surface area contributed by atoms with Crippen LogP contribution in [-0.4, -0.2) is 52.0 Å². The molecule has 5 aliphatic rings. The maximum absolute atomic E-state index is 12.6. The second-order valence-corrected chi connectivity index (χ2v) is 10.1. The number of rotatable bonds is 4. The maximum atomic E-state index is 12.6. The van der Waals surface area contributed by atoms with Crippen LogP contribution < -0.4 is 16.1 Å². The number of fused-ring (bicyclic) bond motifs is 2. The van der Waals surface area contributed by atoms with Crippen molar-refractivity contribution in [2.24, 2.45) is 17.8 Å². The third-order valence-electron chi connectivity index (χ3n) is 8.96. The summed E-state index contributed by atoms with van der Waals surface area (Å²) in [6, 6.07) is 3.21. The minimum atomic E-state index is -1.29. The molecule has 7 nitrogen and oxygen atoms in total. The van der Waals surface area contributed by atoms with Crippen molar-refractivity contribution < 1.29 is 9.90 Å². The lowest BCUT2D eigenvalue weighted by atomic mass is 9.66. The van der Waals surface area contributed by atoms with E-state index < -0.39 is 5.60 Å². The Labute approximate surface area is 173 Å². The summed E-state index contributed by atoms with van der Waals surface area (Å²) in [4.78, 5) is 12.6. The SMILES string of the molecule is CC[C@@]1(O)C(=O)NC2NCCC(C3NN(C4(CC#N)CCC4)C4CCCCC34)C21. The predicted molar refractivity (Wildman–Crippen MR) is 108 cm³/mol. The molecule has 0 aromatic carbocycles. The number of aliphatic hydroxyl groups is 1. The van der Waals surface area contributed by atoms with E-state index in [4.69, 9.17) is 0 Å². The number of piperidine rings is 1. The Hall–Kier alpha value is -1.20. The van der Waals surface area contributed by atoms with Crippen LogP contribution in [-0.2, 0) is 4.79 Å². The van der Waals surface area contributed by atoms with E-state index in [1.165, 1.54) is 32.1 Å². The molecule has 1 amide bonds. The van der Waals surface area contributed by atoms with Gasteiger partial charge in [0.1, 0.15) is 5.60 Å². The van der Waals surface area contributed by atoms with Gasteiger partial charge in [-0.25, -0.2) is 5.01 Å². The van der Waals surface area contributed by atoms with Gasteiger partial charge < -0.3 is 10.4 Å². The normalized spacial score (nSPS) is 46.3. The number of carbonyl (C=O) groups is 1. The van der Waals surface area contributed by atoms with Crippen molar-refractivity contribution in [1.82, 2.24) is 21.1 Å². The van der Waals surface area contributed by atoms with Crippen LogP contribution >= 0.6 is 0 Å². The van der Waals surface area contributed by atoms with Crippen LogP contribution in [0.1, 0.15) is 71.1 Å². The molecular weight excluding hydrogens is 366 g/mol. The van der Waals surface area contributed by atoms with Crippen molar-refractivity contribution in [2.75, 3.05) is 6.54 Å². The Kier molecular flexibility index (Phi) is 4.90. The largest absolute Gasteiger partial charge is 0.380 e. The Morgan fingerprint density at radius 1 is 1.21 bits per heavy atom. The van der Waals surface area contributed by atoms with Crippen LogP contribution in [0.15, 0.2) is 0 Å². The van der Waals surface area contributed by atoms with Crippen molar-refractivity contribution in [3.63, 3.8) is 0 Å². The van der Waals surface area contributed by atoms with E-state index in [0.717, 1.165) is 25.8 Å². The molecule has 0 spiro atoms. The zero-order chi connectivity index (χ0) is 20.2. The molecule has 160 valence electrons. The van der Waals surface area contributed by atoms with Gasteiger partial charge in [-0.1, -0.05) is 19.8 Å². The average Bonchev–Trinajstić information content (AvgIpc) is 3.21. The maximum Gasteiger partial charge on any atom is 0.253 e. The fourth-order valence-electron chi connectivity index (χ4n) is 7.32. The minimum absolute atomic E-state index is 0.0130. The van der Waals surface area contributed by atoms with E-state index in [1.807, 2.05) is 6.92 Å². The fraction of sp³-hybridized carbons (Fsp3) is 0.909. The molecule has 0 aromatic rings. The van der Waals surface area contributed by atoms with Crippen molar-refractivity contribution in [1.29, 1.82) is 5.26 Å². The van der Waals surface area contributed by atoms with Crippen LogP contribution in [0.25, 0.3) is 0 Å². The first-order chi connectivity index (χ1) is 14.0. The third kappa shape index (κ3) is 2.79. The molecule has 29 heavy (non-hydrogen) atoms. The van der Waals surface area contributed by atoms with E-state index in [2.05, 4.69) is 27.1 Å². The highest BCUT2D eigenvalue weighted by Gasteiger charge is 2.62. The molecule has 3 aliphatic heterocycles. The molecule has 0 bridgehead atoms. The molecule has 2 aliphatic carbocycles. The Bertz CT molecular complexity index is 704. The third-order valence-corrected chi connectivity index (χ3v) is 8.96. The molecule has 2 saturated carbocycles. The molecular formula is C22H35N5O2. The number of nitrogens with one attached hydrogen (secondary N) is 3. The van der Waals surface area contributed by atoms with Gasteiger partial charge in [-0.3, -0.25) is 15.5 Å². The second kappa shape index (κ2) is 7.19. The monoisotopic (exact) mass is 401 g/mol. The molecule has 6 unspecified atom stereocenters. The van der Waals surface area contributed by atoms with Crippen molar-refractivity contribution in [2.45, 2.75) is 101 Å². The molecule has 3 heterocycles. The number of nitrogens with zero attached hydrogens (tertiary/aromatic N) is 2. The van der Waals surface area contributed by atoms with Gasteiger partial charge in [-0.2, -0.15) is 5.26 Å². The number of hydrogen-bond acceptors (Lipinski definition) is 6. The van der Waals surface area contributed by atoms with Crippen molar-refractivity contribution in [3.8, 4) is 6.07 Å². The lowest BCUT2D eigenvalue weighted by Gasteiger charge is -2.50. The van der Waals surface area contributed by atoms with Crippen LogP contribution in [0, 0.1) is 29.1 Å². The highest BCUT2D eigenvalue weighted by molar-refractivity contribution is 5.88. The van der Waals surface area contributed by atoms with E-state index in [1.54, 1.807) is 0 Å². The first kappa shape index (κ1) is 19.7. The number of hydrazine groups is 1. The summed E-state index contributed by atoms with van der Waals surface area (Å²) in [6.07, 6.45) is 10.2. The number of hydrogen-bond donors (Lipinski definition) is 4. The smallest absolute Gasteiger partial charge is 0.253 e. The van der Waals surface area contributed by atoms with Gasteiger partial charge in [-0.15, -0.1) is 0 Å². The molecule has 7 heteroatoms. The topological polar surface area (TPSA) is 100 Å². The van der Waals surface area contributed by atoms with Gasteiger partial charge in [0.05, 0.1) is 18.7 Å². The van der Waals surface area contributed by atoms with E-state index in [9.17, 15) is 15.2 Å². The quantitative estimate of drug-likeness (QED) is 0.568. The van der Waals surface area contributed by atoms with Gasteiger partial charge in [0.25, 0.3) is 5.91 Å². The molecule has 5 fully saturated rings. The van der Waals surface area contributed by atoms with E-state index in [0.29, 0.717) is 24.8 Å². The molecule has 0 radical (unpaired) electrons. The number of carbonyl (C=O) groups excluding carboxylic acids is 1. The van der Waals surface area contributed by atoms with Crippen LogP contribution in [0.2, 0.25) is 0 Å². The summed E-state index contributed by atoms with van der Waals surface area (Å²) in [5.41, 5.74) is 2.62. The van der Waals surface area contributed by atoms with E-state index in [-0.39, 0.29) is 35.5 Å². The van der Waals surface area contributed by atoms with Gasteiger partial charge in [0.2, 0.25) is 0 Å². The first-order valence-corrected chi connectivity index (χ1v) is 11.7. The Morgan fingerprint density at radius 2 is 2.00 bits per heavy atom. The predicted octanol–water partition coefficient (Wildman–Crippen LogP) is 1.39. The Balaban J connectivity index is 1.47. The summed E-state index contributed by atoms with van der Waals surface area (Å²) in [6.45, 7) is 2.78. The number of amides is 1. The van der Waals surface area contributed by atoms with Crippen LogP contribution in [0.4, 0.5) is 0 Å². The second-order valence-electron chi connectivity index (χ2n) is 10.1. The molecule has 3 saturated heterocycles. The number of nitriles is 1. The Morgan fingerprint density at radius 3 is 2.69 bits per heavy atom.